The number of halogens is 1. The summed E-state index contributed by atoms with van der Waals surface area (Å²) < 4.78 is 1.02. The van der Waals surface area contributed by atoms with Gasteiger partial charge in [-0.1, -0.05) is 35.0 Å². The van der Waals surface area contributed by atoms with Gasteiger partial charge in [-0.3, -0.25) is 14.9 Å². The zero-order valence-electron chi connectivity index (χ0n) is 14.3. The van der Waals surface area contributed by atoms with Crippen LogP contribution in [0.4, 0.5) is 5.69 Å². The molecule has 0 radical (unpaired) electrons. The molecule has 0 fully saturated rings. The van der Waals surface area contributed by atoms with Crippen molar-refractivity contribution in [2.45, 2.75) is 32.4 Å². The molecule has 0 spiro atoms. The molecule has 2 amide bonds. The molecule has 5 nitrogen and oxygen atoms in total. The lowest BCUT2D eigenvalue weighted by molar-refractivity contribution is -0.118. The summed E-state index contributed by atoms with van der Waals surface area (Å²) in [6, 6.07) is 14.3. The summed E-state index contributed by atoms with van der Waals surface area (Å²) in [5.74, 6) is -0.629. The highest BCUT2D eigenvalue weighted by molar-refractivity contribution is 9.10. The van der Waals surface area contributed by atoms with Gasteiger partial charge in [-0.2, -0.15) is 0 Å². The van der Waals surface area contributed by atoms with E-state index in [1.807, 2.05) is 31.2 Å². The first-order valence-electron chi connectivity index (χ1n) is 8.13. The number of amides is 2. The number of benzene rings is 2. The number of carbonyl (C=O) groups is 2. The van der Waals surface area contributed by atoms with Gasteiger partial charge >= 0.3 is 0 Å². The van der Waals surface area contributed by atoms with Crippen LogP contribution in [0.2, 0.25) is 0 Å². The molecular formula is C19H22BrN3O2. The summed E-state index contributed by atoms with van der Waals surface area (Å²) in [4.78, 5) is 23.5. The summed E-state index contributed by atoms with van der Waals surface area (Å²) in [7, 11) is 0. The maximum absolute atomic E-state index is 12.4. The molecule has 0 aliphatic heterocycles. The Morgan fingerprint density at radius 3 is 2.20 bits per heavy atom. The van der Waals surface area contributed by atoms with E-state index in [-0.39, 0.29) is 18.0 Å². The van der Waals surface area contributed by atoms with Crippen molar-refractivity contribution in [3.63, 3.8) is 0 Å². The molecule has 0 bridgehead atoms. The second kappa shape index (κ2) is 8.78. The van der Waals surface area contributed by atoms with Crippen LogP contribution in [0.3, 0.4) is 0 Å². The minimum absolute atomic E-state index is 0.0890. The lowest BCUT2D eigenvalue weighted by Gasteiger charge is -2.22. The fraction of sp³-hybridized carbons (Fsp3) is 0.263. The van der Waals surface area contributed by atoms with E-state index in [1.54, 1.807) is 24.3 Å². The number of carbonyl (C=O) groups excluding carboxylic acids is 2. The van der Waals surface area contributed by atoms with Crippen LogP contribution in [0.1, 0.15) is 42.2 Å². The molecule has 0 saturated carbocycles. The van der Waals surface area contributed by atoms with Crippen molar-refractivity contribution in [1.82, 2.24) is 5.32 Å². The molecule has 0 unspecified atom stereocenters. The SMILES string of the molecule is CC[C@@H](N[C@@H](C)C(=O)Nc1ccc(C(N)=O)cc1)c1ccc(Br)cc1. The summed E-state index contributed by atoms with van der Waals surface area (Å²) in [5, 5.41) is 6.19. The summed E-state index contributed by atoms with van der Waals surface area (Å²) in [5.41, 5.74) is 7.38. The zero-order chi connectivity index (χ0) is 18.4. The molecule has 2 atom stereocenters. The maximum atomic E-state index is 12.4. The van der Waals surface area contributed by atoms with Crippen LogP contribution in [0.5, 0.6) is 0 Å². The van der Waals surface area contributed by atoms with Crippen LogP contribution in [-0.2, 0) is 4.79 Å². The molecule has 4 N–H and O–H groups in total. The molecule has 25 heavy (non-hydrogen) atoms. The van der Waals surface area contributed by atoms with Crippen LogP contribution >= 0.6 is 15.9 Å². The predicted molar refractivity (Wildman–Crippen MR) is 103 cm³/mol. The van der Waals surface area contributed by atoms with Gasteiger partial charge in [0.2, 0.25) is 11.8 Å². The highest BCUT2D eigenvalue weighted by Crippen LogP contribution is 2.20. The Balaban J connectivity index is 1.98. The minimum Gasteiger partial charge on any atom is -0.366 e. The summed E-state index contributed by atoms with van der Waals surface area (Å²) in [6.45, 7) is 3.90. The molecule has 2 rings (SSSR count). The molecule has 0 aliphatic carbocycles. The lowest BCUT2D eigenvalue weighted by Crippen LogP contribution is -2.40. The molecular weight excluding hydrogens is 382 g/mol. The number of hydrogen-bond donors (Lipinski definition) is 3. The number of primary amides is 1. The standard InChI is InChI=1S/C19H22BrN3O2/c1-3-17(13-4-8-15(20)9-5-13)22-12(2)19(25)23-16-10-6-14(7-11-16)18(21)24/h4-12,17,22H,3H2,1-2H3,(H2,21,24)(H,23,25)/t12-,17+/m0/s1. The normalized spacial score (nSPS) is 13.1. The van der Waals surface area contributed by atoms with E-state index in [1.165, 1.54) is 0 Å². The number of rotatable bonds is 7. The van der Waals surface area contributed by atoms with Crippen LogP contribution in [0.15, 0.2) is 53.0 Å². The van der Waals surface area contributed by atoms with E-state index in [4.69, 9.17) is 5.73 Å². The monoisotopic (exact) mass is 403 g/mol. The van der Waals surface area contributed by atoms with Gasteiger partial charge in [0.05, 0.1) is 6.04 Å². The smallest absolute Gasteiger partial charge is 0.248 e. The third-order valence-corrected chi connectivity index (χ3v) is 4.49. The molecule has 0 aliphatic rings. The zero-order valence-corrected chi connectivity index (χ0v) is 15.8. The van der Waals surface area contributed by atoms with Gasteiger partial charge in [-0.15, -0.1) is 0 Å². The Hall–Kier alpha value is -2.18. The fourth-order valence-corrected chi connectivity index (χ4v) is 2.76. The van der Waals surface area contributed by atoms with E-state index in [0.717, 1.165) is 16.5 Å². The van der Waals surface area contributed by atoms with E-state index in [9.17, 15) is 9.59 Å². The fourth-order valence-electron chi connectivity index (χ4n) is 2.49. The second-order valence-corrected chi connectivity index (χ2v) is 6.75. The Bertz CT molecular complexity index is 729. The van der Waals surface area contributed by atoms with Crippen molar-refractivity contribution in [1.29, 1.82) is 0 Å². The van der Waals surface area contributed by atoms with Gasteiger partial charge < -0.3 is 11.1 Å². The molecule has 132 valence electrons. The van der Waals surface area contributed by atoms with Gasteiger partial charge in [0.1, 0.15) is 0 Å². The highest BCUT2D eigenvalue weighted by atomic mass is 79.9. The van der Waals surface area contributed by atoms with Gasteiger partial charge in [-0.25, -0.2) is 0 Å². The number of nitrogens with one attached hydrogen (secondary N) is 2. The molecule has 0 aromatic heterocycles. The molecule has 0 saturated heterocycles. The van der Waals surface area contributed by atoms with Crippen molar-refractivity contribution < 1.29 is 9.59 Å². The summed E-state index contributed by atoms with van der Waals surface area (Å²) >= 11 is 3.43. The number of nitrogens with two attached hydrogens (primary N) is 1. The topological polar surface area (TPSA) is 84.2 Å². The van der Waals surface area contributed by atoms with E-state index in [2.05, 4.69) is 33.5 Å². The third kappa shape index (κ3) is 5.41. The van der Waals surface area contributed by atoms with Crippen LogP contribution in [0, 0.1) is 0 Å². The van der Waals surface area contributed by atoms with E-state index in [0.29, 0.717) is 11.3 Å². The lowest BCUT2D eigenvalue weighted by atomic mass is 10.0. The number of hydrogen-bond acceptors (Lipinski definition) is 3. The maximum Gasteiger partial charge on any atom is 0.248 e. The molecule has 6 heteroatoms. The van der Waals surface area contributed by atoms with E-state index < -0.39 is 5.91 Å². The van der Waals surface area contributed by atoms with Gasteiger partial charge in [-0.05, 0) is 55.3 Å². The summed E-state index contributed by atoms with van der Waals surface area (Å²) in [6.07, 6.45) is 0.868. The molecule has 2 aromatic carbocycles. The third-order valence-electron chi connectivity index (χ3n) is 3.96. The first-order chi connectivity index (χ1) is 11.9. The highest BCUT2D eigenvalue weighted by Gasteiger charge is 2.18. The van der Waals surface area contributed by atoms with Crippen molar-refractivity contribution >= 4 is 33.4 Å². The Morgan fingerprint density at radius 2 is 1.68 bits per heavy atom. The van der Waals surface area contributed by atoms with Gasteiger partial charge in [0.25, 0.3) is 0 Å². The van der Waals surface area contributed by atoms with E-state index >= 15 is 0 Å². The minimum atomic E-state index is -0.492. The van der Waals surface area contributed by atoms with Crippen molar-refractivity contribution in [3.8, 4) is 0 Å². The average Bonchev–Trinajstić information content (AvgIpc) is 2.60. The Kier molecular flexibility index (Phi) is 6.73. The van der Waals surface area contributed by atoms with Crippen molar-refractivity contribution in [2.75, 3.05) is 5.32 Å². The Labute approximate surface area is 156 Å². The number of anilines is 1. The first-order valence-corrected chi connectivity index (χ1v) is 8.92. The van der Waals surface area contributed by atoms with Gasteiger partial charge in [0.15, 0.2) is 0 Å². The first kappa shape index (κ1) is 19.1. The average molecular weight is 404 g/mol. The quantitative estimate of drug-likeness (QED) is 0.659. The van der Waals surface area contributed by atoms with Crippen molar-refractivity contribution in [2.24, 2.45) is 5.73 Å². The molecule has 0 heterocycles. The predicted octanol–water partition coefficient (Wildman–Crippen LogP) is 3.62. The van der Waals surface area contributed by atoms with Crippen LogP contribution in [-0.4, -0.2) is 17.9 Å². The Morgan fingerprint density at radius 1 is 1.08 bits per heavy atom. The van der Waals surface area contributed by atoms with Crippen molar-refractivity contribution in [3.05, 3.63) is 64.1 Å². The van der Waals surface area contributed by atoms with Crippen LogP contribution in [0.25, 0.3) is 0 Å². The molecule has 2 aromatic rings. The second-order valence-electron chi connectivity index (χ2n) is 5.83. The van der Waals surface area contributed by atoms with Gasteiger partial charge in [0, 0.05) is 21.8 Å². The largest absolute Gasteiger partial charge is 0.366 e. The van der Waals surface area contributed by atoms with Crippen LogP contribution < -0.4 is 16.4 Å².